The zero-order valence-electron chi connectivity index (χ0n) is 10.4. The van der Waals surface area contributed by atoms with Crippen LogP contribution in [0, 0.1) is 13.8 Å². The van der Waals surface area contributed by atoms with Gasteiger partial charge < -0.3 is 15.7 Å². The van der Waals surface area contributed by atoms with E-state index in [-0.39, 0.29) is 12.6 Å². The van der Waals surface area contributed by atoms with Crippen LogP contribution in [0.5, 0.6) is 0 Å². The summed E-state index contributed by atoms with van der Waals surface area (Å²) in [6.07, 6.45) is 0. The molecule has 0 fully saturated rings. The molecule has 0 aliphatic heterocycles. The van der Waals surface area contributed by atoms with E-state index in [9.17, 15) is 0 Å². The number of nitrogen functional groups attached to an aromatic ring is 1. The van der Waals surface area contributed by atoms with Crippen LogP contribution in [0.25, 0.3) is 0 Å². The number of nitrogens with zero attached hydrogens (tertiary/aromatic N) is 3. The molecule has 1 rings (SSSR count). The molecule has 1 aromatic rings. The first kappa shape index (κ1) is 12.7. The van der Waals surface area contributed by atoms with Crippen LogP contribution in [0.1, 0.15) is 25.2 Å². The summed E-state index contributed by atoms with van der Waals surface area (Å²) >= 11 is 0. The van der Waals surface area contributed by atoms with Crippen LogP contribution in [0.2, 0.25) is 0 Å². The molecular weight excluding hydrogens is 204 g/mol. The zero-order valence-corrected chi connectivity index (χ0v) is 10.4. The molecular formula is C11H20N4O. The standard InChI is InChI=1S/C11H20N4O/c1-7(2)15(5-6-16)11-8(3)10(12)13-9(4)14-11/h7,16H,5-6H2,1-4H3,(H2,12,13,14). The van der Waals surface area contributed by atoms with E-state index in [4.69, 9.17) is 10.8 Å². The molecule has 5 heteroatoms. The number of anilines is 2. The maximum Gasteiger partial charge on any atom is 0.137 e. The van der Waals surface area contributed by atoms with Crippen molar-refractivity contribution < 1.29 is 5.11 Å². The van der Waals surface area contributed by atoms with Crippen molar-refractivity contribution in [3.63, 3.8) is 0 Å². The summed E-state index contributed by atoms with van der Waals surface area (Å²) in [5, 5.41) is 9.06. The Morgan fingerprint density at radius 1 is 1.31 bits per heavy atom. The number of aromatic nitrogens is 2. The minimum absolute atomic E-state index is 0.0978. The second-order valence-electron chi connectivity index (χ2n) is 4.12. The summed E-state index contributed by atoms with van der Waals surface area (Å²) in [5.41, 5.74) is 6.68. The van der Waals surface area contributed by atoms with Gasteiger partial charge in [0.2, 0.25) is 0 Å². The van der Waals surface area contributed by atoms with Crippen molar-refractivity contribution in [2.24, 2.45) is 0 Å². The molecule has 0 atom stereocenters. The maximum absolute atomic E-state index is 9.06. The Balaban J connectivity index is 3.17. The number of hydrogen-bond donors (Lipinski definition) is 2. The Morgan fingerprint density at radius 3 is 2.44 bits per heavy atom. The molecule has 0 amide bonds. The quantitative estimate of drug-likeness (QED) is 0.794. The van der Waals surface area contributed by atoms with E-state index >= 15 is 0 Å². The monoisotopic (exact) mass is 224 g/mol. The van der Waals surface area contributed by atoms with E-state index < -0.39 is 0 Å². The highest BCUT2D eigenvalue weighted by Crippen LogP contribution is 2.22. The molecule has 0 saturated carbocycles. The average molecular weight is 224 g/mol. The van der Waals surface area contributed by atoms with Gasteiger partial charge in [0.05, 0.1) is 6.61 Å². The average Bonchev–Trinajstić information content (AvgIpc) is 2.20. The van der Waals surface area contributed by atoms with Gasteiger partial charge in [0.25, 0.3) is 0 Å². The molecule has 16 heavy (non-hydrogen) atoms. The normalized spacial score (nSPS) is 10.9. The van der Waals surface area contributed by atoms with Gasteiger partial charge in [-0.15, -0.1) is 0 Å². The molecule has 0 spiro atoms. The van der Waals surface area contributed by atoms with Gasteiger partial charge in [0.15, 0.2) is 0 Å². The Labute approximate surface area is 96.3 Å². The van der Waals surface area contributed by atoms with E-state index in [1.54, 1.807) is 0 Å². The summed E-state index contributed by atoms with van der Waals surface area (Å²) in [6.45, 7) is 8.48. The smallest absolute Gasteiger partial charge is 0.137 e. The fourth-order valence-corrected chi connectivity index (χ4v) is 1.63. The molecule has 1 aromatic heterocycles. The number of hydrogen-bond acceptors (Lipinski definition) is 5. The van der Waals surface area contributed by atoms with Gasteiger partial charge in [-0.2, -0.15) is 0 Å². The molecule has 0 bridgehead atoms. The lowest BCUT2D eigenvalue weighted by molar-refractivity contribution is 0.298. The van der Waals surface area contributed by atoms with Crippen molar-refractivity contribution in [2.75, 3.05) is 23.8 Å². The molecule has 0 aliphatic carbocycles. The van der Waals surface area contributed by atoms with Gasteiger partial charge in [0.1, 0.15) is 17.5 Å². The minimum Gasteiger partial charge on any atom is -0.395 e. The van der Waals surface area contributed by atoms with Crippen LogP contribution < -0.4 is 10.6 Å². The molecule has 0 radical (unpaired) electrons. The number of rotatable bonds is 4. The Morgan fingerprint density at radius 2 is 1.94 bits per heavy atom. The fraction of sp³-hybridized carbons (Fsp3) is 0.636. The van der Waals surface area contributed by atoms with Crippen molar-refractivity contribution >= 4 is 11.6 Å². The predicted octanol–water partition coefficient (Wildman–Crippen LogP) is 0.883. The van der Waals surface area contributed by atoms with Crippen molar-refractivity contribution in [1.29, 1.82) is 0 Å². The SMILES string of the molecule is Cc1nc(N)c(C)c(N(CCO)C(C)C)n1. The fourth-order valence-electron chi connectivity index (χ4n) is 1.63. The first-order valence-corrected chi connectivity index (χ1v) is 5.45. The highest BCUT2D eigenvalue weighted by atomic mass is 16.3. The minimum atomic E-state index is 0.0978. The van der Waals surface area contributed by atoms with Crippen LogP contribution in [-0.4, -0.2) is 34.3 Å². The lowest BCUT2D eigenvalue weighted by Gasteiger charge is -2.28. The molecule has 0 aliphatic rings. The third-order valence-electron chi connectivity index (χ3n) is 2.51. The van der Waals surface area contributed by atoms with Crippen LogP contribution in [0.3, 0.4) is 0 Å². The van der Waals surface area contributed by atoms with Gasteiger partial charge in [-0.1, -0.05) is 0 Å². The van der Waals surface area contributed by atoms with Gasteiger partial charge in [-0.25, -0.2) is 9.97 Å². The lowest BCUT2D eigenvalue weighted by atomic mass is 10.2. The second-order valence-corrected chi connectivity index (χ2v) is 4.12. The Kier molecular flexibility index (Phi) is 4.06. The van der Waals surface area contributed by atoms with E-state index in [1.807, 2.05) is 18.7 Å². The third-order valence-corrected chi connectivity index (χ3v) is 2.51. The molecule has 90 valence electrons. The number of aliphatic hydroxyl groups excluding tert-OH is 1. The molecule has 5 nitrogen and oxygen atoms in total. The van der Waals surface area contributed by atoms with E-state index in [2.05, 4.69) is 23.8 Å². The zero-order chi connectivity index (χ0) is 12.3. The van der Waals surface area contributed by atoms with Gasteiger partial charge in [0, 0.05) is 18.2 Å². The lowest BCUT2D eigenvalue weighted by Crippen LogP contribution is -2.35. The molecule has 1 heterocycles. The number of aryl methyl sites for hydroxylation is 1. The van der Waals surface area contributed by atoms with Crippen molar-refractivity contribution in [2.45, 2.75) is 33.7 Å². The van der Waals surface area contributed by atoms with Crippen LogP contribution in [-0.2, 0) is 0 Å². The van der Waals surface area contributed by atoms with Crippen LogP contribution >= 0.6 is 0 Å². The third kappa shape index (κ3) is 2.61. The van der Waals surface area contributed by atoms with Gasteiger partial charge in [-0.05, 0) is 27.7 Å². The van der Waals surface area contributed by atoms with Crippen molar-refractivity contribution in [1.82, 2.24) is 9.97 Å². The molecule has 0 aromatic carbocycles. The van der Waals surface area contributed by atoms with Crippen molar-refractivity contribution in [3.05, 3.63) is 11.4 Å². The number of nitrogens with two attached hydrogens (primary N) is 1. The van der Waals surface area contributed by atoms with Gasteiger partial charge >= 0.3 is 0 Å². The van der Waals surface area contributed by atoms with Crippen molar-refractivity contribution in [3.8, 4) is 0 Å². The van der Waals surface area contributed by atoms with Gasteiger partial charge in [-0.3, -0.25) is 0 Å². The van der Waals surface area contributed by atoms with E-state index in [0.717, 1.165) is 11.4 Å². The maximum atomic E-state index is 9.06. The van der Waals surface area contributed by atoms with Crippen LogP contribution in [0.4, 0.5) is 11.6 Å². The number of aliphatic hydroxyl groups is 1. The largest absolute Gasteiger partial charge is 0.395 e. The van der Waals surface area contributed by atoms with Crippen LogP contribution in [0.15, 0.2) is 0 Å². The molecule has 0 saturated heterocycles. The summed E-state index contributed by atoms with van der Waals surface area (Å²) in [7, 11) is 0. The first-order valence-electron chi connectivity index (χ1n) is 5.45. The summed E-state index contributed by atoms with van der Waals surface area (Å²) in [6, 6.07) is 0.263. The summed E-state index contributed by atoms with van der Waals surface area (Å²) < 4.78 is 0. The van der Waals surface area contributed by atoms with E-state index in [1.165, 1.54) is 0 Å². The van der Waals surface area contributed by atoms with E-state index in [0.29, 0.717) is 18.2 Å². The topological polar surface area (TPSA) is 75.3 Å². The first-order chi connectivity index (χ1) is 7.47. The summed E-state index contributed by atoms with van der Waals surface area (Å²) in [4.78, 5) is 10.5. The Bertz CT molecular complexity index is 365. The summed E-state index contributed by atoms with van der Waals surface area (Å²) in [5.74, 6) is 1.97. The highest BCUT2D eigenvalue weighted by molar-refractivity contribution is 5.56. The highest BCUT2D eigenvalue weighted by Gasteiger charge is 2.16. The second kappa shape index (κ2) is 5.12. The molecule has 0 unspecified atom stereocenters. The molecule has 3 N–H and O–H groups in total. The predicted molar refractivity (Wildman–Crippen MR) is 65.5 cm³/mol. The Hall–Kier alpha value is -1.36.